The second-order valence-electron chi connectivity index (χ2n) is 7.36. The van der Waals surface area contributed by atoms with Crippen molar-refractivity contribution in [1.82, 2.24) is 9.97 Å². The highest BCUT2D eigenvalue weighted by Gasteiger charge is 2.26. The monoisotopic (exact) mass is 429 g/mol. The summed E-state index contributed by atoms with van der Waals surface area (Å²) in [4.78, 5) is 35.7. The third-order valence-corrected chi connectivity index (χ3v) is 6.10. The molecule has 0 N–H and O–H groups in total. The average Bonchev–Trinajstić information content (AvgIpc) is 3.42. The Bertz CT molecular complexity index is 1310. The molecule has 1 aliphatic rings. The number of hydrogen-bond acceptors (Lipinski definition) is 6. The van der Waals surface area contributed by atoms with E-state index in [0.29, 0.717) is 12.1 Å². The van der Waals surface area contributed by atoms with Crippen LogP contribution in [0.2, 0.25) is 0 Å². The van der Waals surface area contributed by atoms with Crippen LogP contribution < -0.4 is 4.90 Å². The summed E-state index contributed by atoms with van der Waals surface area (Å²) in [6, 6.07) is 17.0. The number of carbonyl (C=O) groups excluding carboxylic acids is 2. The van der Waals surface area contributed by atoms with E-state index < -0.39 is 5.97 Å². The van der Waals surface area contributed by atoms with Gasteiger partial charge in [0, 0.05) is 28.6 Å². The fourth-order valence-electron chi connectivity index (χ4n) is 3.78. The van der Waals surface area contributed by atoms with Gasteiger partial charge in [-0.25, -0.2) is 14.8 Å². The maximum atomic E-state index is 12.7. The molecule has 3 heterocycles. The van der Waals surface area contributed by atoms with Crippen molar-refractivity contribution >= 4 is 39.8 Å². The minimum absolute atomic E-state index is 0.191. The molecule has 5 rings (SSSR count). The molecule has 1 aliphatic heterocycles. The van der Waals surface area contributed by atoms with Gasteiger partial charge < -0.3 is 9.64 Å². The summed E-state index contributed by atoms with van der Waals surface area (Å²) in [5, 5.41) is 4.00. The number of hydrogen-bond donors (Lipinski definition) is 0. The van der Waals surface area contributed by atoms with E-state index >= 15 is 0 Å². The molecular weight excluding hydrogens is 410 g/mol. The van der Waals surface area contributed by atoms with E-state index in [0.717, 1.165) is 39.3 Å². The number of para-hydroxylation sites is 1. The average molecular weight is 430 g/mol. The number of rotatable bonds is 4. The van der Waals surface area contributed by atoms with Crippen molar-refractivity contribution in [3.63, 3.8) is 0 Å². The van der Waals surface area contributed by atoms with Crippen LogP contribution in [0.3, 0.4) is 0 Å². The number of thiazole rings is 1. The molecule has 2 aromatic heterocycles. The van der Waals surface area contributed by atoms with Gasteiger partial charge in [0.05, 0.1) is 16.2 Å². The fraction of sp³-hybridized carbons (Fsp3) is 0.167. The summed E-state index contributed by atoms with van der Waals surface area (Å²) in [6.07, 6.45) is 0.762. The van der Waals surface area contributed by atoms with Crippen molar-refractivity contribution in [1.29, 1.82) is 0 Å². The van der Waals surface area contributed by atoms with E-state index in [9.17, 15) is 9.59 Å². The molecule has 0 spiro atoms. The number of fused-ring (bicyclic) bond motifs is 2. The lowest BCUT2D eigenvalue weighted by molar-refractivity contribution is -0.121. The van der Waals surface area contributed by atoms with Gasteiger partial charge in [-0.05, 0) is 43.2 Å². The van der Waals surface area contributed by atoms with Gasteiger partial charge in [-0.15, -0.1) is 11.3 Å². The van der Waals surface area contributed by atoms with Gasteiger partial charge in [0.15, 0.2) is 6.61 Å². The topological polar surface area (TPSA) is 72.4 Å². The number of benzene rings is 2. The Morgan fingerprint density at radius 1 is 1.10 bits per heavy atom. The Labute approximate surface area is 183 Å². The number of aryl methyl sites for hydroxylation is 1. The van der Waals surface area contributed by atoms with E-state index in [-0.39, 0.29) is 18.2 Å². The minimum atomic E-state index is -0.604. The smallest absolute Gasteiger partial charge is 0.357 e. The molecule has 0 unspecified atom stereocenters. The van der Waals surface area contributed by atoms with Crippen molar-refractivity contribution in [2.75, 3.05) is 18.1 Å². The van der Waals surface area contributed by atoms with Crippen molar-refractivity contribution in [2.24, 2.45) is 0 Å². The number of carbonyl (C=O) groups is 2. The SMILES string of the molecule is Cc1nc(-c2ccc3c(c2)CCN3C(=O)COC(=O)c2ccc3ccccc3n2)cs1. The van der Waals surface area contributed by atoms with Crippen LogP contribution in [0.4, 0.5) is 5.69 Å². The molecule has 154 valence electrons. The molecule has 0 fully saturated rings. The van der Waals surface area contributed by atoms with Crippen molar-refractivity contribution in [2.45, 2.75) is 13.3 Å². The minimum Gasteiger partial charge on any atom is -0.451 e. The first-order valence-corrected chi connectivity index (χ1v) is 10.9. The van der Waals surface area contributed by atoms with E-state index in [4.69, 9.17) is 4.74 Å². The summed E-state index contributed by atoms with van der Waals surface area (Å²) in [5.41, 5.74) is 4.86. The van der Waals surface area contributed by atoms with Gasteiger partial charge in [0.25, 0.3) is 5.91 Å². The predicted molar refractivity (Wildman–Crippen MR) is 120 cm³/mol. The zero-order chi connectivity index (χ0) is 21.4. The van der Waals surface area contributed by atoms with Crippen LogP contribution in [0.1, 0.15) is 21.1 Å². The van der Waals surface area contributed by atoms with E-state index in [2.05, 4.69) is 16.0 Å². The van der Waals surface area contributed by atoms with Crippen LogP contribution >= 0.6 is 11.3 Å². The predicted octanol–water partition coefficient (Wildman–Crippen LogP) is 4.41. The number of pyridine rings is 1. The Hall–Kier alpha value is -3.58. The third kappa shape index (κ3) is 3.80. The zero-order valence-corrected chi connectivity index (χ0v) is 17.7. The van der Waals surface area contributed by atoms with Gasteiger partial charge in [-0.1, -0.05) is 30.3 Å². The first-order chi connectivity index (χ1) is 15.1. The molecule has 2 aromatic carbocycles. The van der Waals surface area contributed by atoms with Crippen LogP contribution in [0, 0.1) is 6.92 Å². The lowest BCUT2D eigenvalue weighted by atomic mass is 10.1. The second-order valence-corrected chi connectivity index (χ2v) is 8.42. The number of amides is 1. The highest BCUT2D eigenvalue weighted by molar-refractivity contribution is 7.09. The standard InChI is InChI=1S/C24H19N3O3S/c1-15-25-21(14-31-15)17-7-9-22-18(12-17)10-11-27(22)23(28)13-30-24(29)20-8-6-16-4-2-3-5-19(16)26-20/h2-9,12,14H,10-11,13H2,1H3. The summed E-state index contributed by atoms with van der Waals surface area (Å²) in [7, 11) is 0. The maximum Gasteiger partial charge on any atom is 0.357 e. The van der Waals surface area contributed by atoms with Crippen molar-refractivity contribution < 1.29 is 14.3 Å². The molecule has 0 bridgehead atoms. The van der Waals surface area contributed by atoms with Gasteiger partial charge in [0.2, 0.25) is 0 Å². The number of nitrogens with zero attached hydrogens (tertiary/aromatic N) is 3. The highest BCUT2D eigenvalue weighted by Crippen LogP contribution is 2.32. The number of anilines is 1. The van der Waals surface area contributed by atoms with Gasteiger partial charge in [0.1, 0.15) is 5.69 Å². The molecule has 4 aromatic rings. The first-order valence-electron chi connectivity index (χ1n) is 9.97. The largest absolute Gasteiger partial charge is 0.451 e. The highest BCUT2D eigenvalue weighted by atomic mass is 32.1. The Balaban J connectivity index is 1.26. The summed E-state index contributed by atoms with van der Waals surface area (Å²) in [6.45, 7) is 2.23. The van der Waals surface area contributed by atoms with E-state index in [1.165, 1.54) is 0 Å². The van der Waals surface area contributed by atoms with E-state index in [1.54, 1.807) is 22.3 Å². The van der Waals surface area contributed by atoms with Crippen LogP contribution in [0.5, 0.6) is 0 Å². The molecule has 6 nitrogen and oxygen atoms in total. The normalized spacial score (nSPS) is 12.7. The quantitative estimate of drug-likeness (QED) is 0.449. The molecule has 0 saturated heterocycles. The van der Waals surface area contributed by atoms with Gasteiger partial charge >= 0.3 is 5.97 Å². The lowest BCUT2D eigenvalue weighted by Crippen LogP contribution is -2.33. The second kappa shape index (κ2) is 7.92. The Morgan fingerprint density at radius 2 is 1.97 bits per heavy atom. The lowest BCUT2D eigenvalue weighted by Gasteiger charge is -2.17. The Kier molecular flexibility index (Phi) is 4.95. The summed E-state index contributed by atoms with van der Waals surface area (Å²) < 4.78 is 5.26. The van der Waals surface area contributed by atoms with Crippen LogP contribution in [-0.4, -0.2) is 35.0 Å². The molecule has 0 radical (unpaired) electrons. The number of esters is 1. The molecule has 7 heteroatoms. The number of ether oxygens (including phenoxy) is 1. The van der Waals surface area contributed by atoms with Gasteiger partial charge in [-0.3, -0.25) is 4.79 Å². The van der Waals surface area contributed by atoms with Crippen LogP contribution in [-0.2, 0) is 16.0 Å². The first kappa shape index (κ1) is 19.4. The number of aromatic nitrogens is 2. The summed E-state index contributed by atoms with van der Waals surface area (Å²) >= 11 is 1.62. The molecule has 0 saturated carbocycles. The fourth-order valence-corrected chi connectivity index (χ4v) is 4.40. The van der Waals surface area contributed by atoms with Crippen molar-refractivity contribution in [3.05, 3.63) is 76.2 Å². The molecule has 1 amide bonds. The Morgan fingerprint density at radius 3 is 2.81 bits per heavy atom. The van der Waals surface area contributed by atoms with Gasteiger partial charge in [-0.2, -0.15) is 0 Å². The zero-order valence-electron chi connectivity index (χ0n) is 16.9. The maximum absolute atomic E-state index is 12.7. The van der Waals surface area contributed by atoms with Crippen LogP contribution in [0.25, 0.3) is 22.2 Å². The van der Waals surface area contributed by atoms with Crippen molar-refractivity contribution in [3.8, 4) is 11.3 Å². The van der Waals surface area contributed by atoms with E-state index in [1.807, 2.05) is 54.8 Å². The molecule has 0 atom stereocenters. The molecule has 0 aliphatic carbocycles. The third-order valence-electron chi connectivity index (χ3n) is 5.33. The van der Waals surface area contributed by atoms with Crippen LogP contribution in [0.15, 0.2) is 60.0 Å². The molecular formula is C24H19N3O3S. The summed E-state index contributed by atoms with van der Waals surface area (Å²) in [5.74, 6) is -0.849. The molecule has 31 heavy (non-hydrogen) atoms.